The Morgan fingerprint density at radius 1 is 0.963 bits per heavy atom. The fourth-order valence-electron chi connectivity index (χ4n) is 3.01. The Hall–Kier alpha value is -2.72. The molecule has 27 heavy (non-hydrogen) atoms. The lowest BCUT2D eigenvalue weighted by Crippen LogP contribution is -2.87. The molecule has 0 saturated carbocycles. The van der Waals surface area contributed by atoms with Crippen LogP contribution in [-0.4, -0.2) is 75.7 Å². The van der Waals surface area contributed by atoms with Gasteiger partial charge in [-0.25, -0.2) is 9.29 Å². The van der Waals surface area contributed by atoms with Gasteiger partial charge in [0.25, 0.3) is 35.1 Å². The molecule has 1 aromatic carbocycles. The predicted molar refractivity (Wildman–Crippen MR) is 75.5 cm³/mol. The van der Waals surface area contributed by atoms with E-state index in [1.807, 2.05) is 0 Å². The number of nitrogens with zero attached hydrogens (tertiary/aromatic N) is 1. The average molecular weight is 389 g/mol. The first-order valence-corrected chi connectivity index (χ1v) is 6.98. The standard InChI is InChI=1S/C13H12FN3O10/c14-3-1-4-6(5(15)2-3)12(24,25)17(7(4)18)10(21)8(19)16-9(20)11(22,23)13(10,26)27/h1-2,21-27H,15H2,(H,16,19,20). The van der Waals surface area contributed by atoms with Gasteiger partial charge in [0.05, 0.1) is 11.1 Å². The quantitative estimate of drug-likeness (QED) is 0.125. The zero-order valence-corrected chi connectivity index (χ0v) is 12.9. The van der Waals surface area contributed by atoms with Crippen LogP contribution in [0.1, 0.15) is 15.9 Å². The highest BCUT2D eigenvalue weighted by Crippen LogP contribution is 2.47. The van der Waals surface area contributed by atoms with Gasteiger partial charge < -0.3 is 41.5 Å². The molecule has 0 bridgehead atoms. The topological polar surface area (TPSA) is 234 Å². The molecule has 0 radical (unpaired) electrons. The molecule has 3 rings (SSSR count). The van der Waals surface area contributed by atoms with Crippen LogP contribution in [0.5, 0.6) is 0 Å². The highest BCUT2D eigenvalue weighted by atomic mass is 19.1. The molecule has 1 unspecified atom stereocenters. The molecule has 10 N–H and O–H groups in total. The monoisotopic (exact) mass is 389 g/mol. The summed E-state index contributed by atoms with van der Waals surface area (Å²) in [7, 11) is 0. The predicted octanol–water partition coefficient (Wildman–Crippen LogP) is -5.33. The summed E-state index contributed by atoms with van der Waals surface area (Å²) in [5.41, 5.74) is -1.40. The number of nitrogen functional groups attached to an aromatic ring is 1. The molecule has 1 aromatic rings. The Balaban J connectivity index is 2.30. The van der Waals surface area contributed by atoms with Crippen molar-refractivity contribution < 1.29 is 54.5 Å². The molecule has 0 aromatic heterocycles. The summed E-state index contributed by atoms with van der Waals surface area (Å²) in [6.45, 7) is 0. The minimum Gasteiger partial charge on any atom is -0.398 e. The number of nitrogens with two attached hydrogens (primary N) is 1. The normalized spacial score (nSPS) is 28.1. The summed E-state index contributed by atoms with van der Waals surface area (Å²) >= 11 is 0. The van der Waals surface area contributed by atoms with Crippen LogP contribution < -0.4 is 11.1 Å². The highest BCUT2D eigenvalue weighted by molar-refractivity contribution is 6.10. The Bertz CT molecular complexity index is 914. The van der Waals surface area contributed by atoms with Crippen molar-refractivity contribution in [3.8, 4) is 0 Å². The lowest BCUT2D eigenvalue weighted by atomic mass is 9.86. The number of anilines is 1. The van der Waals surface area contributed by atoms with Crippen LogP contribution in [0, 0.1) is 5.82 Å². The number of halogens is 1. The third-order valence-electron chi connectivity index (χ3n) is 4.37. The number of carbonyl (C=O) groups is 3. The minimum atomic E-state index is -4.57. The number of hydrogen-bond acceptors (Lipinski definition) is 11. The number of imide groups is 1. The molecule has 0 aliphatic carbocycles. The maximum absolute atomic E-state index is 13.5. The van der Waals surface area contributed by atoms with Crippen molar-refractivity contribution >= 4 is 23.4 Å². The van der Waals surface area contributed by atoms with E-state index in [9.17, 15) is 54.5 Å². The minimum absolute atomic E-state index is 0.437. The van der Waals surface area contributed by atoms with Crippen molar-refractivity contribution in [3.05, 3.63) is 29.1 Å². The number of fused-ring (bicyclic) bond motifs is 1. The highest BCUT2D eigenvalue weighted by Gasteiger charge is 2.79. The summed E-state index contributed by atoms with van der Waals surface area (Å²) in [5, 5.41) is 71.4. The van der Waals surface area contributed by atoms with Gasteiger partial charge in [0, 0.05) is 5.69 Å². The van der Waals surface area contributed by atoms with Crippen LogP contribution in [-0.2, 0) is 15.5 Å². The summed E-state index contributed by atoms with van der Waals surface area (Å²) in [6, 6.07) is 0.991. The number of aliphatic hydroxyl groups is 7. The van der Waals surface area contributed by atoms with Crippen molar-refractivity contribution in [2.24, 2.45) is 0 Å². The fraction of sp³-hybridized carbons (Fsp3) is 0.308. The summed E-state index contributed by atoms with van der Waals surface area (Å²) in [6.07, 6.45) is 0. The number of piperidine rings is 1. The molecule has 1 fully saturated rings. The zero-order valence-electron chi connectivity index (χ0n) is 12.9. The van der Waals surface area contributed by atoms with Crippen molar-refractivity contribution in [3.63, 3.8) is 0 Å². The number of hydrogen-bond donors (Lipinski definition) is 9. The van der Waals surface area contributed by atoms with Crippen molar-refractivity contribution in [1.82, 2.24) is 10.2 Å². The molecular formula is C13H12FN3O10. The molecule has 3 amide bonds. The Kier molecular flexibility index (Phi) is 3.50. The van der Waals surface area contributed by atoms with Gasteiger partial charge in [-0.2, -0.15) is 0 Å². The number of carbonyl (C=O) groups excluding carboxylic acids is 3. The first-order chi connectivity index (χ1) is 12.1. The van der Waals surface area contributed by atoms with E-state index in [0.29, 0.717) is 12.1 Å². The van der Waals surface area contributed by atoms with E-state index in [4.69, 9.17) is 5.73 Å². The van der Waals surface area contributed by atoms with Crippen molar-refractivity contribution in [1.29, 1.82) is 0 Å². The van der Waals surface area contributed by atoms with Crippen LogP contribution in [0.25, 0.3) is 0 Å². The van der Waals surface area contributed by atoms with Gasteiger partial charge in [-0.3, -0.25) is 19.7 Å². The molecule has 14 heteroatoms. The zero-order chi connectivity index (χ0) is 20.7. The molecule has 2 aliphatic rings. The van der Waals surface area contributed by atoms with Crippen molar-refractivity contribution in [2.45, 2.75) is 23.2 Å². The van der Waals surface area contributed by atoms with E-state index in [0.717, 1.165) is 5.32 Å². The van der Waals surface area contributed by atoms with Crippen LogP contribution in [0.4, 0.5) is 10.1 Å². The van der Waals surface area contributed by atoms with Gasteiger partial charge in [-0.05, 0) is 12.1 Å². The summed E-state index contributed by atoms with van der Waals surface area (Å²) in [5.74, 6) is -19.8. The molecule has 1 saturated heterocycles. The van der Waals surface area contributed by atoms with Gasteiger partial charge in [0.2, 0.25) is 0 Å². The second-order valence-electron chi connectivity index (χ2n) is 5.99. The number of nitrogens with one attached hydrogen (secondary N) is 1. The molecule has 13 nitrogen and oxygen atoms in total. The van der Waals surface area contributed by atoms with Gasteiger partial charge >= 0.3 is 5.79 Å². The second-order valence-corrected chi connectivity index (χ2v) is 5.99. The van der Waals surface area contributed by atoms with Gasteiger partial charge in [-0.15, -0.1) is 0 Å². The number of amides is 3. The average Bonchev–Trinajstić information content (AvgIpc) is 2.71. The van der Waals surface area contributed by atoms with Crippen LogP contribution >= 0.6 is 0 Å². The van der Waals surface area contributed by atoms with Crippen LogP contribution in [0.2, 0.25) is 0 Å². The van der Waals surface area contributed by atoms with E-state index in [1.54, 1.807) is 0 Å². The molecule has 146 valence electrons. The SMILES string of the molecule is Nc1cc(F)cc2c1C(O)(O)N(C1(O)C(=O)NC(=O)C(O)(O)C1(O)O)C2=O. The summed E-state index contributed by atoms with van der Waals surface area (Å²) < 4.78 is 13.5. The van der Waals surface area contributed by atoms with E-state index < -0.39 is 68.5 Å². The number of rotatable bonds is 1. The van der Waals surface area contributed by atoms with Gasteiger partial charge in [0.15, 0.2) is 0 Å². The summed E-state index contributed by atoms with van der Waals surface area (Å²) in [4.78, 5) is 35.4. The maximum atomic E-state index is 13.5. The second kappa shape index (κ2) is 4.96. The molecule has 1 atom stereocenters. The largest absolute Gasteiger partial charge is 0.398 e. The number of benzene rings is 1. The van der Waals surface area contributed by atoms with E-state index in [-0.39, 0.29) is 0 Å². The van der Waals surface area contributed by atoms with Gasteiger partial charge in [0.1, 0.15) is 5.82 Å². The molecule has 0 spiro atoms. The maximum Gasteiger partial charge on any atom is 0.306 e. The smallest absolute Gasteiger partial charge is 0.306 e. The third kappa shape index (κ3) is 1.96. The molecular weight excluding hydrogens is 377 g/mol. The van der Waals surface area contributed by atoms with E-state index >= 15 is 0 Å². The lowest BCUT2D eigenvalue weighted by molar-refractivity contribution is -0.433. The Labute approximate surface area is 147 Å². The molecule has 2 heterocycles. The van der Waals surface area contributed by atoms with E-state index in [2.05, 4.69) is 0 Å². The lowest BCUT2D eigenvalue weighted by Gasteiger charge is -2.51. The molecule has 2 aliphatic heterocycles. The van der Waals surface area contributed by atoms with Crippen LogP contribution in [0.15, 0.2) is 12.1 Å². The van der Waals surface area contributed by atoms with Gasteiger partial charge in [-0.1, -0.05) is 0 Å². The van der Waals surface area contributed by atoms with Crippen molar-refractivity contribution in [2.75, 3.05) is 5.73 Å². The van der Waals surface area contributed by atoms with E-state index in [1.165, 1.54) is 0 Å². The van der Waals surface area contributed by atoms with Crippen LogP contribution in [0.3, 0.4) is 0 Å². The first-order valence-electron chi connectivity index (χ1n) is 6.98. The Morgan fingerprint density at radius 3 is 2.07 bits per heavy atom. The Morgan fingerprint density at radius 2 is 1.52 bits per heavy atom. The third-order valence-corrected chi connectivity index (χ3v) is 4.37. The fourth-order valence-corrected chi connectivity index (χ4v) is 3.01. The first kappa shape index (κ1) is 19.1.